The van der Waals surface area contributed by atoms with Crippen LogP contribution in [-0.2, 0) is 9.53 Å². The maximum absolute atomic E-state index is 12.0. The van der Waals surface area contributed by atoms with Crippen molar-refractivity contribution in [3.05, 3.63) is 23.5 Å². The molecule has 0 saturated carbocycles. The van der Waals surface area contributed by atoms with Gasteiger partial charge in [-0.3, -0.25) is 14.8 Å². The molecule has 1 aliphatic rings. The molecule has 0 bridgehead atoms. The highest BCUT2D eigenvalue weighted by Gasteiger charge is 2.25. The quantitative estimate of drug-likeness (QED) is 0.816. The molecule has 1 amide bonds. The zero-order valence-corrected chi connectivity index (χ0v) is 14.8. The van der Waals surface area contributed by atoms with Crippen molar-refractivity contribution < 1.29 is 14.1 Å². The third-order valence-corrected chi connectivity index (χ3v) is 4.04. The molecule has 1 saturated heterocycles. The van der Waals surface area contributed by atoms with E-state index in [0.29, 0.717) is 37.7 Å². The standard InChI is InChI=1S/C16H24N6O3/c1-10(2)15-18-16(20-19-15)12-9-22(6-7-24-12)5-4-14(23)17-13-8-11(3)25-21-13/h8,10,12H,4-7,9H2,1-3H3,(H,17,21,23)(H,18,19,20)/t12-/m0/s1. The number of aromatic amines is 1. The Morgan fingerprint density at radius 2 is 2.36 bits per heavy atom. The summed E-state index contributed by atoms with van der Waals surface area (Å²) >= 11 is 0. The van der Waals surface area contributed by atoms with Gasteiger partial charge in [0.2, 0.25) is 5.91 Å². The molecule has 0 aliphatic carbocycles. The van der Waals surface area contributed by atoms with Crippen molar-refractivity contribution in [2.45, 2.75) is 39.2 Å². The van der Waals surface area contributed by atoms with Crippen LogP contribution in [0.3, 0.4) is 0 Å². The fraction of sp³-hybridized carbons (Fsp3) is 0.625. The first-order valence-electron chi connectivity index (χ1n) is 8.50. The van der Waals surface area contributed by atoms with E-state index in [0.717, 1.165) is 18.2 Å². The topological polar surface area (TPSA) is 109 Å². The lowest BCUT2D eigenvalue weighted by atomic mass is 10.2. The van der Waals surface area contributed by atoms with Crippen LogP contribution in [0.4, 0.5) is 5.82 Å². The molecule has 1 atom stereocenters. The van der Waals surface area contributed by atoms with Gasteiger partial charge in [-0.25, -0.2) is 4.98 Å². The van der Waals surface area contributed by atoms with Crippen molar-refractivity contribution in [3.63, 3.8) is 0 Å². The molecule has 0 unspecified atom stereocenters. The van der Waals surface area contributed by atoms with Gasteiger partial charge >= 0.3 is 0 Å². The largest absolute Gasteiger partial charge is 0.368 e. The van der Waals surface area contributed by atoms with Crippen LogP contribution in [0.1, 0.15) is 49.7 Å². The van der Waals surface area contributed by atoms with Crippen molar-refractivity contribution in [2.24, 2.45) is 0 Å². The van der Waals surface area contributed by atoms with E-state index in [1.807, 2.05) is 0 Å². The Morgan fingerprint density at radius 1 is 1.52 bits per heavy atom. The molecule has 0 spiro atoms. The number of morpholine rings is 1. The van der Waals surface area contributed by atoms with Gasteiger partial charge in [0.25, 0.3) is 0 Å². The second-order valence-electron chi connectivity index (χ2n) is 6.51. The number of hydrogen-bond donors (Lipinski definition) is 2. The number of anilines is 1. The number of H-pyrrole nitrogens is 1. The highest BCUT2D eigenvalue weighted by Crippen LogP contribution is 2.20. The number of ether oxygens (including phenoxy) is 1. The van der Waals surface area contributed by atoms with Crippen molar-refractivity contribution in [2.75, 3.05) is 31.6 Å². The van der Waals surface area contributed by atoms with Crippen molar-refractivity contribution in [1.29, 1.82) is 0 Å². The number of carbonyl (C=O) groups excluding carboxylic acids is 1. The number of hydrogen-bond acceptors (Lipinski definition) is 7. The first kappa shape index (κ1) is 17.6. The number of carbonyl (C=O) groups is 1. The van der Waals surface area contributed by atoms with Gasteiger partial charge in [0.1, 0.15) is 11.9 Å². The average Bonchev–Trinajstić information content (AvgIpc) is 3.23. The Hall–Kier alpha value is -2.26. The maximum Gasteiger partial charge on any atom is 0.226 e. The van der Waals surface area contributed by atoms with Gasteiger partial charge in [0, 0.05) is 38.0 Å². The highest BCUT2D eigenvalue weighted by atomic mass is 16.5. The molecule has 25 heavy (non-hydrogen) atoms. The van der Waals surface area contributed by atoms with Crippen LogP contribution in [0, 0.1) is 6.92 Å². The third-order valence-electron chi connectivity index (χ3n) is 4.04. The summed E-state index contributed by atoms with van der Waals surface area (Å²) in [6.07, 6.45) is 0.238. The molecule has 136 valence electrons. The van der Waals surface area contributed by atoms with Crippen LogP contribution in [-0.4, -0.2) is 57.4 Å². The molecule has 1 aliphatic heterocycles. The number of nitrogens with one attached hydrogen (secondary N) is 2. The summed E-state index contributed by atoms with van der Waals surface area (Å²) < 4.78 is 10.7. The van der Waals surface area contributed by atoms with E-state index < -0.39 is 0 Å². The summed E-state index contributed by atoms with van der Waals surface area (Å²) in [7, 11) is 0. The fourth-order valence-corrected chi connectivity index (χ4v) is 2.65. The van der Waals surface area contributed by atoms with E-state index >= 15 is 0 Å². The third kappa shape index (κ3) is 4.64. The first-order chi connectivity index (χ1) is 12.0. The lowest BCUT2D eigenvalue weighted by molar-refractivity contribution is -0.117. The molecule has 2 N–H and O–H groups in total. The van der Waals surface area contributed by atoms with Gasteiger partial charge in [-0.15, -0.1) is 0 Å². The van der Waals surface area contributed by atoms with Crippen LogP contribution >= 0.6 is 0 Å². The minimum Gasteiger partial charge on any atom is -0.368 e. The van der Waals surface area contributed by atoms with E-state index in [9.17, 15) is 4.79 Å². The molecular formula is C16H24N6O3. The van der Waals surface area contributed by atoms with E-state index in [1.165, 1.54) is 0 Å². The van der Waals surface area contributed by atoms with E-state index in [1.54, 1.807) is 13.0 Å². The molecule has 9 heteroatoms. The number of aryl methyl sites for hydroxylation is 1. The molecule has 0 aromatic carbocycles. The smallest absolute Gasteiger partial charge is 0.226 e. The fourth-order valence-electron chi connectivity index (χ4n) is 2.65. The number of nitrogens with zero attached hydrogens (tertiary/aromatic N) is 4. The molecule has 1 fully saturated rings. The lowest BCUT2D eigenvalue weighted by Crippen LogP contribution is -2.40. The summed E-state index contributed by atoms with van der Waals surface area (Å²) in [6, 6.07) is 1.69. The molecule has 0 radical (unpaired) electrons. The van der Waals surface area contributed by atoms with Gasteiger partial charge in [0.05, 0.1) is 6.61 Å². The van der Waals surface area contributed by atoms with Gasteiger partial charge < -0.3 is 14.6 Å². The van der Waals surface area contributed by atoms with Crippen LogP contribution in [0.15, 0.2) is 10.6 Å². The first-order valence-corrected chi connectivity index (χ1v) is 8.50. The molecule has 2 aromatic heterocycles. The van der Waals surface area contributed by atoms with Crippen molar-refractivity contribution >= 4 is 11.7 Å². The maximum atomic E-state index is 12.0. The normalized spacial score (nSPS) is 18.6. The van der Waals surface area contributed by atoms with Crippen molar-refractivity contribution in [3.8, 4) is 0 Å². The van der Waals surface area contributed by atoms with Crippen LogP contribution in [0.5, 0.6) is 0 Å². The summed E-state index contributed by atoms with van der Waals surface area (Å²) in [5, 5.41) is 13.7. The van der Waals surface area contributed by atoms with Gasteiger partial charge in [-0.05, 0) is 6.92 Å². The Labute approximate surface area is 146 Å². The van der Waals surface area contributed by atoms with Gasteiger partial charge in [-0.2, -0.15) is 5.10 Å². The Balaban J connectivity index is 1.48. The number of aromatic nitrogens is 4. The number of rotatable bonds is 6. The molecular weight excluding hydrogens is 324 g/mol. The monoisotopic (exact) mass is 348 g/mol. The van der Waals surface area contributed by atoms with E-state index in [2.05, 4.69) is 44.4 Å². The van der Waals surface area contributed by atoms with Crippen LogP contribution < -0.4 is 5.32 Å². The van der Waals surface area contributed by atoms with Crippen LogP contribution in [0.2, 0.25) is 0 Å². The van der Waals surface area contributed by atoms with E-state index in [4.69, 9.17) is 9.26 Å². The Morgan fingerprint density at radius 3 is 3.04 bits per heavy atom. The molecule has 9 nitrogen and oxygen atoms in total. The number of amides is 1. The average molecular weight is 348 g/mol. The minimum absolute atomic E-state index is 0.0851. The Bertz CT molecular complexity index is 710. The summed E-state index contributed by atoms with van der Waals surface area (Å²) in [6.45, 7) is 8.61. The predicted molar refractivity (Wildman–Crippen MR) is 90.1 cm³/mol. The van der Waals surface area contributed by atoms with Crippen molar-refractivity contribution in [1.82, 2.24) is 25.2 Å². The zero-order valence-electron chi connectivity index (χ0n) is 14.8. The van der Waals surface area contributed by atoms with Gasteiger partial charge in [-0.1, -0.05) is 19.0 Å². The lowest BCUT2D eigenvalue weighted by Gasteiger charge is -2.31. The summed E-state index contributed by atoms with van der Waals surface area (Å²) in [5.41, 5.74) is 0. The van der Waals surface area contributed by atoms with Crippen LogP contribution in [0.25, 0.3) is 0 Å². The predicted octanol–water partition coefficient (Wildman–Crippen LogP) is 1.63. The highest BCUT2D eigenvalue weighted by molar-refractivity contribution is 5.89. The minimum atomic E-state index is -0.144. The summed E-state index contributed by atoms with van der Waals surface area (Å²) in [4.78, 5) is 18.7. The van der Waals surface area contributed by atoms with E-state index in [-0.39, 0.29) is 17.9 Å². The molecule has 3 heterocycles. The van der Waals surface area contributed by atoms with Gasteiger partial charge in [0.15, 0.2) is 17.5 Å². The second kappa shape index (κ2) is 7.75. The zero-order chi connectivity index (χ0) is 17.8. The molecule has 3 rings (SSSR count). The second-order valence-corrected chi connectivity index (χ2v) is 6.51. The summed E-state index contributed by atoms with van der Waals surface area (Å²) in [5.74, 6) is 2.84. The Kier molecular flexibility index (Phi) is 5.44. The SMILES string of the molecule is Cc1cc(NC(=O)CCN2CCO[C@H](c3nc(C(C)C)n[nH]3)C2)no1. The molecule has 2 aromatic rings.